The lowest BCUT2D eigenvalue weighted by molar-refractivity contribution is -0.127. The minimum absolute atomic E-state index is 0.0898. The highest BCUT2D eigenvalue weighted by Crippen LogP contribution is 2.35. The molecule has 0 bridgehead atoms. The van der Waals surface area contributed by atoms with E-state index < -0.39 is 21.5 Å². The van der Waals surface area contributed by atoms with Crippen LogP contribution in [0.1, 0.15) is 56.3 Å². The lowest BCUT2D eigenvalue weighted by Crippen LogP contribution is -2.59. The molecule has 1 saturated carbocycles. The van der Waals surface area contributed by atoms with E-state index in [9.17, 15) is 13.2 Å². The molecular formula is C31H33N5O4S2. The molecule has 1 aliphatic rings. The number of carbonyl (C=O) groups excluding carboxylic acids is 1. The van der Waals surface area contributed by atoms with Crippen molar-refractivity contribution in [2.45, 2.75) is 61.2 Å². The van der Waals surface area contributed by atoms with Gasteiger partial charge in [0.25, 0.3) is 10.0 Å². The molecule has 4 heterocycles. The third kappa shape index (κ3) is 5.90. The average Bonchev–Trinajstić information content (AvgIpc) is 3.78. The van der Waals surface area contributed by atoms with E-state index in [2.05, 4.69) is 25.2 Å². The van der Waals surface area contributed by atoms with Gasteiger partial charge in [-0.25, -0.2) is 8.42 Å². The van der Waals surface area contributed by atoms with Crippen molar-refractivity contribution in [3.05, 3.63) is 90.6 Å². The molecule has 1 aromatic carbocycles. The number of hydrogen-bond acceptors (Lipinski definition) is 7. The molecule has 4 aromatic heterocycles. The Morgan fingerprint density at radius 2 is 1.90 bits per heavy atom. The minimum Gasteiger partial charge on any atom is -0.364 e. The number of pyridine rings is 1. The number of sulfonamides is 1. The zero-order chi connectivity index (χ0) is 29.2. The first-order chi connectivity index (χ1) is 20.3. The minimum atomic E-state index is -4.09. The van der Waals surface area contributed by atoms with Crippen LogP contribution in [-0.4, -0.2) is 35.0 Å². The Morgan fingerprint density at radius 1 is 1.10 bits per heavy atom. The summed E-state index contributed by atoms with van der Waals surface area (Å²) in [5.74, 6) is -0.181. The van der Waals surface area contributed by atoms with Crippen molar-refractivity contribution in [3.63, 3.8) is 0 Å². The van der Waals surface area contributed by atoms with Gasteiger partial charge in [0, 0.05) is 35.8 Å². The molecule has 0 spiro atoms. The molecule has 0 aliphatic heterocycles. The van der Waals surface area contributed by atoms with Gasteiger partial charge in [-0.3, -0.25) is 9.78 Å². The number of amides is 1. The summed E-state index contributed by atoms with van der Waals surface area (Å²) in [7, 11) is -4.09. The maximum Gasteiger partial charge on any atom is 0.251 e. The Morgan fingerprint density at radius 3 is 2.67 bits per heavy atom. The number of para-hydroxylation sites is 1. The van der Waals surface area contributed by atoms with Gasteiger partial charge in [0.15, 0.2) is 0 Å². The van der Waals surface area contributed by atoms with Crippen LogP contribution in [-0.2, 0) is 21.2 Å². The number of thiophene rings is 1. The molecular weight excluding hydrogens is 571 g/mol. The maximum absolute atomic E-state index is 14.4. The summed E-state index contributed by atoms with van der Waals surface area (Å²) in [4.78, 5) is 22.8. The molecule has 218 valence electrons. The summed E-state index contributed by atoms with van der Waals surface area (Å²) in [6.45, 7) is 1.66. The number of rotatable bonds is 10. The number of H-pyrrole nitrogens is 1. The SMILES string of the molecule is C[C@@](Cc1c[nH]c2ccccc12)(NS(=O)(=O)c1ccc(-c2ccon2)s1)C(=O)NC(c1ccccn1)C1CCCCC1. The number of nitrogens with zero attached hydrogens (tertiary/aromatic N) is 2. The van der Waals surface area contributed by atoms with Crippen LogP contribution in [0, 0.1) is 5.92 Å². The first-order valence-corrected chi connectivity index (χ1v) is 16.4. The second-order valence-corrected chi connectivity index (χ2v) is 14.1. The number of hydrogen-bond donors (Lipinski definition) is 3. The Labute approximate surface area is 248 Å². The highest BCUT2D eigenvalue weighted by Gasteiger charge is 2.41. The fraction of sp³-hybridized carbons (Fsp3) is 0.323. The second kappa shape index (κ2) is 11.8. The summed E-state index contributed by atoms with van der Waals surface area (Å²) in [6, 6.07) is 18.0. The molecule has 42 heavy (non-hydrogen) atoms. The molecule has 0 radical (unpaired) electrons. The van der Waals surface area contributed by atoms with E-state index in [0.717, 1.165) is 59.2 Å². The quantitative estimate of drug-likeness (QED) is 0.180. The molecule has 1 amide bonds. The molecule has 1 aliphatic carbocycles. The van der Waals surface area contributed by atoms with Crippen molar-refractivity contribution in [1.82, 2.24) is 25.2 Å². The van der Waals surface area contributed by atoms with Crippen LogP contribution < -0.4 is 10.0 Å². The first-order valence-electron chi connectivity index (χ1n) is 14.1. The maximum atomic E-state index is 14.4. The molecule has 9 nitrogen and oxygen atoms in total. The number of aromatic nitrogens is 3. The number of aromatic amines is 1. The smallest absolute Gasteiger partial charge is 0.251 e. The van der Waals surface area contributed by atoms with Crippen LogP contribution in [0.15, 0.2) is 88.1 Å². The number of nitrogens with one attached hydrogen (secondary N) is 3. The van der Waals surface area contributed by atoms with E-state index >= 15 is 0 Å². The summed E-state index contributed by atoms with van der Waals surface area (Å²) in [5.41, 5.74) is 1.58. The van der Waals surface area contributed by atoms with Crippen LogP contribution >= 0.6 is 11.3 Å². The van der Waals surface area contributed by atoms with Crippen molar-refractivity contribution in [2.75, 3.05) is 0 Å². The van der Waals surface area contributed by atoms with Crippen molar-refractivity contribution >= 4 is 38.2 Å². The average molecular weight is 604 g/mol. The fourth-order valence-electron chi connectivity index (χ4n) is 5.87. The van der Waals surface area contributed by atoms with Crippen molar-refractivity contribution in [2.24, 2.45) is 5.92 Å². The zero-order valence-corrected chi connectivity index (χ0v) is 24.9. The third-order valence-corrected chi connectivity index (χ3v) is 11.2. The van der Waals surface area contributed by atoms with Crippen LogP contribution in [0.3, 0.4) is 0 Å². The largest absolute Gasteiger partial charge is 0.364 e. The van der Waals surface area contributed by atoms with Crippen molar-refractivity contribution in [1.29, 1.82) is 0 Å². The van der Waals surface area contributed by atoms with Gasteiger partial charge in [0.2, 0.25) is 5.91 Å². The van der Waals surface area contributed by atoms with Gasteiger partial charge in [-0.2, -0.15) is 4.72 Å². The molecule has 0 saturated heterocycles. The monoisotopic (exact) mass is 603 g/mol. The summed E-state index contributed by atoms with van der Waals surface area (Å²) in [6.07, 6.45) is 10.5. The second-order valence-electron chi connectivity index (χ2n) is 11.1. The van der Waals surface area contributed by atoms with E-state index in [1.54, 1.807) is 25.3 Å². The first kappa shape index (κ1) is 28.3. The number of carbonyl (C=O) groups is 1. The lowest BCUT2D eigenvalue weighted by Gasteiger charge is -2.35. The van der Waals surface area contributed by atoms with E-state index in [4.69, 9.17) is 4.52 Å². The van der Waals surface area contributed by atoms with Gasteiger partial charge >= 0.3 is 0 Å². The standard InChI is InChI=1S/C31H33N5O4S2/c1-31(19-22-20-33-24-12-6-5-11-23(22)24,36-42(38,39)28-15-14-27(41-28)25-16-18-40-35-25)30(37)34-29(21-9-3-2-4-10-21)26-13-7-8-17-32-26/h5-8,11-18,20-21,29,33,36H,2-4,9-10,19H2,1H3,(H,34,37)/t29?,31-/m0/s1. The van der Waals surface area contributed by atoms with Gasteiger partial charge in [0.1, 0.15) is 21.7 Å². The third-order valence-electron chi connectivity index (χ3n) is 8.03. The molecule has 1 unspecified atom stereocenters. The Bertz CT molecular complexity index is 1760. The molecule has 6 rings (SSSR count). The van der Waals surface area contributed by atoms with E-state index in [0.29, 0.717) is 10.6 Å². The van der Waals surface area contributed by atoms with Gasteiger partial charge < -0.3 is 14.8 Å². The van der Waals surface area contributed by atoms with E-state index in [1.165, 1.54) is 18.8 Å². The van der Waals surface area contributed by atoms with E-state index in [1.807, 2.05) is 48.7 Å². The van der Waals surface area contributed by atoms with Crippen molar-refractivity contribution in [3.8, 4) is 10.6 Å². The summed E-state index contributed by atoms with van der Waals surface area (Å²) >= 11 is 1.07. The zero-order valence-electron chi connectivity index (χ0n) is 23.2. The Hall–Kier alpha value is -3.80. The van der Waals surface area contributed by atoms with Crippen molar-refractivity contribution < 1.29 is 17.7 Å². The highest BCUT2D eigenvalue weighted by atomic mass is 32.2. The van der Waals surface area contributed by atoms with Gasteiger partial charge in [0.05, 0.1) is 16.6 Å². The molecule has 11 heteroatoms. The van der Waals surface area contributed by atoms with Crippen LogP contribution in [0.25, 0.3) is 21.5 Å². The highest BCUT2D eigenvalue weighted by molar-refractivity contribution is 7.91. The lowest BCUT2D eigenvalue weighted by atomic mass is 9.82. The molecule has 3 N–H and O–H groups in total. The van der Waals surface area contributed by atoms with Crippen LogP contribution in [0.2, 0.25) is 0 Å². The normalized spacial score (nSPS) is 16.7. The van der Waals surface area contributed by atoms with Crippen LogP contribution in [0.4, 0.5) is 0 Å². The van der Waals surface area contributed by atoms with Gasteiger partial charge in [-0.15, -0.1) is 11.3 Å². The topological polar surface area (TPSA) is 130 Å². The Kier molecular flexibility index (Phi) is 7.98. The number of fused-ring (bicyclic) bond motifs is 1. The Balaban J connectivity index is 1.35. The van der Waals surface area contributed by atoms with Gasteiger partial charge in [-0.1, -0.05) is 48.7 Å². The van der Waals surface area contributed by atoms with Gasteiger partial charge in [-0.05, 0) is 61.6 Å². The number of benzene rings is 1. The molecule has 1 fully saturated rings. The fourth-order valence-corrected chi connectivity index (χ4v) is 8.51. The summed E-state index contributed by atoms with van der Waals surface area (Å²) in [5, 5.41) is 8.10. The molecule has 5 aromatic rings. The molecule has 2 atom stereocenters. The predicted molar refractivity (Wildman–Crippen MR) is 162 cm³/mol. The summed E-state index contributed by atoms with van der Waals surface area (Å²) < 4.78 is 35.5. The predicted octanol–water partition coefficient (Wildman–Crippen LogP) is 6.00. The van der Waals surface area contributed by atoms with Crippen LogP contribution in [0.5, 0.6) is 0 Å². The van der Waals surface area contributed by atoms with E-state index in [-0.39, 0.29) is 22.6 Å².